The van der Waals surface area contributed by atoms with E-state index in [0.29, 0.717) is 6.61 Å². The van der Waals surface area contributed by atoms with Gasteiger partial charge < -0.3 is 4.74 Å². The molecule has 0 N–H and O–H groups in total. The number of allylic oxidation sites excluding steroid dienone is 12. The van der Waals surface area contributed by atoms with Crippen molar-refractivity contribution in [3.8, 4) is 5.75 Å². The molecule has 38 heavy (non-hydrogen) atoms. The van der Waals surface area contributed by atoms with E-state index in [0.717, 1.165) is 68.1 Å². The molecule has 8 bridgehead atoms. The molecule has 0 fully saturated rings. The van der Waals surface area contributed by atoms with Crippen LogP contribution in [0.5, 0.6) is 5.75 Å². The van der Waals surface area contributed by atoms with E-state index in [1.54, 1.807) is 0 Å². The second-order valence-electron chi connectivity index (χ2n) is 9.24. The van der Waals surface area contributed by atoms with Crippen LogP contribution < -0.4 is 4.74 Å². The highest BCUT2D eigenvalue weighted by atomic mass is 16.5. The summed E-state index contributed by atoms with van der Waals surface area (Å²) in [5.41, 5.74) is 10.1. The summed E-state index contributed by atoms with van der Waals surface area (Å²) in [5, 5.41) is 0. The van der Waals surface area contributed by atoms with Gasteiger partial charge in [0.1, 0.15) is 12.4 Å². The molecule has 0 saturated carbocycles. The normalized spacial score (nSPS) is 18.7. The summed E-state index contributed by atoms with van der Waals surface area (Å²) in [6, 6.07) is 18.3. The van der Waals surface area contributed by atoms with Gasteiger partial charge in [-0.2, -0.15) is 0 Å². The second kappa shape index (κ2) is 9.37. The number of fused-ring (bicyclic) bond motifs is 4. The van der Waals surface area contributed by atoms with Gasteiger partial charge in [-0.3, -0.25) is 0 Å². The Kier molecular flexibility index (Phi) is 5.44. The van der Waals surface area contributed by atoms with Crippen LogP contribution in [0, 0.1) is 0 Å². The predicted octanol–water partition coefficient (Wildman–Crippen LogP) is 6.69. The van der Waals surface area contributed by atoms with Crippen LogP contribution in [-0.2, 0) is 6.61 Å². The first-order chi connectivity index (χ1) is 18.7. The van der Waals surface area contributed by atoms with Gasteiger partial charge in [-0.15, -0.1) is 0 Å². The van der Waals surface area contributed by atoms with Crippen LogP contribution in [-0.4, -0.2) is 22.8 Å². The van der Waals surface area contributed by atoms with E-state index in [1.165, 1.54) is 0 Å². The fraction of sp³-hybridized carbons (Fsp3) is 0.0303. The highest BCUT2D eigenvalue weighted by molar-refractivity contribution is 6.32. The van der Waals surface area contributed by atoms with Crippen LogP contribution in [0.15, 0.2) is 164 Å². The molecule has 0 aliphatic carbocycles. The van der Waals surface area contributed by atoms with E-state index in [1.807, 2.05) is 91.1 Å². The number of benzene rings is 2. The summed E-state index contributed by atoms with van der Waals surface area (Å²) in [6.45, 7) is 0.534. The smallest absolute Gasteiger partial charge is 0.119 e. The molecule has 0 amide bonds. The van der Waals surface area contributed by atoms with Crippen molar-refractivity contribution in [2.24, 2.45) is 20.0 Å². The largest absolute Gasteiger partial charge is 0.489 e. The van der Waals surface area contributed by atoms with E-state index in [-0.39, 0.29) is 0 Å². The Morgan fingerprint density at radius 1 is 0.500 bits per heavy atom. The van der Waals surface area contributed by atoms with E-state index in [4.69, 9.17) is 19.7 Å². The summed E-state index contributed by atoms with van der Waals surface area (Å²) in [6.07, 6.45) is 22.1. The van der Waals surface area contributed by atoms with Crippen LogP contribution in [0.4, 0.5) is 0 Å². The predicted molar refractivity (Wildman–Crippen MR) is 155 cm³/mol. The molecule has 5 heteroatoms. The molecule has 5 aliphatic heterocycles. The quantitative estimate of drug-likeness (QED) is 0.471. The first-order valence-corrected chi connectivity index (χ1v) is 12.5. The summed E-state index contributed by atoms with van der Waals surface area (Å²) in [4.78, 5) is 19.1. The second-order valence-corrected chi connectivity index (χ2v) is 9.24. The molecular weight excluding hydrogens is 468 g/mol. The molecule has 0 atom stereocenters. The minimum absolute atomic E-state index is 0.534. The van der Waals surface area contributed by atoms with E-state index < -0.39 is 0 Å². The molecule has 5 heterocycles. The number of ether oxygens (including phenoxy) is 1. The summed E-state index contributed by atoms with van der Waals surface area (Å²) in [7, 11) is 0. The first-order valence-electron chi connectivity index (χ1n) is 12.5. The zero-order chi connectivity index (χ0) is 25.3. The molecule has 0 saturated heterocycles. The van der Waals surface area contributed by atoms with Crippen LogP contribution >= 0.6 is 0 Å². The lowest BCUT2D eigenvalue weighted by atomic mass is 10.0. The Labute approximate surface area is 220 Å². The molecule has 0 aromatic heterocycles. The van der Waals surface area contributed by atoms with Crippen molar-refractivity contribution in [2.45, 2.75) is 6.61 Å². The van der Waals surface area contributed by atoms with Crippen molar-refractivity contribution in [3.63, 3.8) is 0 Å². The zero-order valence-electron chi connectivity index (χ0n) is 20.5. The number of rotatable bonds is 4. The molecule has 0 unspecified atom stereocenters. The van der Waals surface area contributed by atoms with Crippen LogP contribution in [0.1, 0.15) is 11.1 Å². The van der Waals surface area contributed by atoms with Gasteiger partial charge in [0, 0.05) is 5.57 Å². The third-order valence-corrected chi connectivity index (χ3v) is 6.45. The zero-order valence-corrected chi connectivity index (χ0v) is 20.5. The van der Waals surface area contributed by atoms with Gasteiger partial charge in [-0.05, 0) is 90.1 Å². The summed E-state index contributed by atoms with van der Waals surface area (Å²) >= 11 is 0. The molecule has 5 aliphatic rings. The molecule has 7 rings (SSSR count). The standard InChI is InChI=1S/C33H22N4O/c1-2-4-22(5-3-1)21-38-31-14-6-23(7-15-31)32-19-30-18-28-11-10-26(35-28)16-24-8-9-25(34-24)17-27-12-13-29(36-27)20-33(32)37-30/h1-20H,21H2. The van der Waals surface area contributed by atoms with Gasteiger partial charge >= 0.3 is 0 Å². The van der Waals surface area contributed by atoms with E-state index in [9.17, 15) is 0 Å². The van der Waals surface area contributed by atoms with Crippen molar-refractivity contribution in [2.75, 3.05) is 0 Å². The fourth-order valence-electron chi connectivity index (χ4n) is 4.60. The molecule has 2 aromatic carbocycles. The Bertz CT molecular complexity index is 1710. The molecule has 2 aromatic rings. The lowest BCUT2D eigenvalue weighted by molar-refractivity contribution is 0.306. The Balaban J connectivity index is 1.22. The van der Waals surface area contributed by atoms with Crippen molar-refractivity contribution in [1.29, 1.82) is 0 Å². The summed E-state index contributed by atoms with van der Waals surface area (Å²) < 4.78 is 5.99. The molecule has 180 valence electrons. The Morgan fingerprint density at radius 2 is 1.08 bits per heavy atom. The fourth-order valence-corrected chi connectivity index (χ4v) is 4.60. The maximum absolute atomic E-state index is 5.99. The average Bonchev–Trinajstić information content (AvgIpc) is 3.74. The van der Waals surface area contributed by atoms with Crippen molar-refractivity contribution in [3.05, 3.63) is 155 Å². The van der Waals surface area contributed by atoms with Crippen molar-refractivity contribution >= 4 is 28.4 Å². The highest BCUT2D eigenvalue weighted by Gasteiger charge is 2.18. The maximum atomic E-state index is 5.99. The lowest BCUT2D eigenvalue weighted by Gasteiger charge is -2.08. The lowest BCUT2D eigenvalue weighted by Crippen LogP contribution is -1.98. The minimum Gasteiger partial charge on any atom is -0.489 e. The van der Waals surface area contributed by atoms with Crippen molar-refractivity contribution < 1.29 is 4.74 Å². The maximum Gasteiger partial charge on any atom is 0.119 e. The average molecular weight is 491 g/mol. The van der Waals surface area contributed by atoms with Gasteiger partial charge in [0.05, 0.1) is 45.6 Å². The molecular formula is C33H22N4O. The highest BCUT2D eigenvalue weighted by Crippen LogP contribution is 2.30. The number of aliphatic imine (C=N–C) groups is 4. The first kappa shape index (κ1) is 22.1. The van der Waals surface area contributed by atoms with Gasteiger partial charge in [0.2, 0.25) is 0 Å². The van der Waals surface area contributed by atoms with Crippen LogP contribution in [0.3, 0.4) is 0 Å². The van der Waals surface area contributed by atoms with E-state index in [2.05, 4.69) is 35.3 Å². The van der Waals surface area contributed by atoms with Crippen LogP contribution in [0.25, 0.3) is 5.57 Å². The third kappa shape index (κ3) is 4.65. The number of hydrogen-bond donors (Lipinski definition) is 0. The monoisotopic (exact) mass is 490 g/mol. The topological polar surface area (TPSA) is 58.7 Å². The van der Waals surface area contributed by atoms with Gasteiger partial charge in [-0.25, -0.2) is 20.0 Å². The minimum atomic E-state index is 0.534. The Morgan fingerprint density at radius 3 is 1.71 bits per heavy atom. The Hall–Kier alpha value is -5.16. The number of hydrogen-bond acceptors (Lipinski definition) is 5. The van der Waals surface area contributed by atoms with Gasteiger partial charge in [0.25, 0.3) is 0 Å². The summed E-state index contributed by atoms with van der Waals surface area (Å²) in [5.74, 6) is 0.826. The molecule has 0 spiro atoms. The molecule has 0 radical (unpaired) electrons. The van der Waals surface area contributed by atoms with Crippen molar-refractivity contribution in [1.82, 2.24) is 0 Å². The molecule has 5 nitrogen and oxygen atoms in total. The van der Waals surface area contributed by atoms with Gasteiger partial charge in [0.15, 0.2) is 0 Å². The number of nitrogens with zero attached hydrogens (tertiary/aromatic N) is 4. The SMILES string of the molecule is C1=CC2=NC1=CC1=NC(=CC3=NC(=CC4=NC(=C2)C=C4)C=C3c2ccc(OCc3ccccc3)cc2)C=C1. The van der Waals surface area contributed by atoms with Crippen LogP contribution in [0.2, 0.25) is 0 Å². The van der Waals surface area contributed by atoms with E-state index >= 15 is 0 Å². The third-order valence-electron chi connectivity index (χ3n) is 6.45. The van der Waals surface area contributed by atoms with Gasteiger partial charge in [-0.1, -0.05) is 42.5 Å².